The summed E-state index contributed by atoms with van der Waals surface area (Å²) in [6.07, 6.45) is 0.872. The van der Waals surface area contributed by atoms with Gasteiger partial charge in [-0.05, 0) is 17.0 Å². The fourth-order valence-corrected chi connectivity index (χ4v) is 2.21. The quantitative estimate of drug-likeness (QED) is 0.823. The highest BCUT2D eigenvalue weighted by atomic mass is 16.3. The average molecular weight is 247 g/mol. The molecule has 1 N–H and O–H groups in total. The number of amides is 2. The van der Waals surface area contributed by atoms with Gasteiger partial charge in [0.1, 0.15) is 0 Å². The topological polar surface area (TPSA) is 57.6 Å². The Morgan fingerprint density at radius 2 is 1.83 bits per heavy atom. The number of hydrogen-bond acceptors (Lipinski definition) is 3. The van der Waals surface area contributed by atoms with E-state index in [-0.39, 0.29) is 24.3 Å². The summed E-state index contributed by atoms with van der Waals surface area (Å²) in [4.78, 5) is 25.0. The third kappa shape index (κ3) is 2.76. The van der Waals surface area contributed by atoms with E-state index in [2.05, 4.69) is 0 Å². The molecule has 0 atom stereocenters. The van der Waals surface area contributed by atoms with Gasteiger partial charge in [0, 0.05) is 12.8 Å². The largest absolute Gasteiger partial charge is 0.392 e. The Morgan fingerprint density at radius 3 is 2.44 bits per heavy atom. The van der Waals surface area contributed by atoms with Crippen LogP contribution in [-0.4, -0.2) is 21.8 Å². The molecular weight excluding hydrogens is 230 g/mol. The first-order chi connectivity index (χ1) is 8.60. The molecule has 0 aliphatic carbocycles. The van der Waals surface area contributed by atoms with Crippen molar-refractivity contribution in [2.45, 2.75) is 32.9 Å². The first-order valence-corrected chi connectivity index (χ1v) is 6.12. The molecular formula is C14H17NO3. The Bertz CT molecular complexity index is 452. The van der Waals surface area contributed by atoms with Crippen LogP contribution in [0, 0.1) is 5.92 Å². The van der Waals surface area contributed by atoms with Crippen LogP contribution in [0.1, 0.15) is 30.9 Å². The zero-order valence-corrected chi connectivity index (χ0v) is 10.4. The Balaban J connectivity index is 2.12. The van der Waals surface area contributed by atoms with Crippen molar-refractivity contribution in [3.05, 3.63) is 35.4 Å². The molecule has 0 bridgehead atoms. The monoisotopic (exact) mass is 247 g/mol. The van der Waals surface area contributed by atoms with Crippen molar-refractivity contribution in [1.29, 1.82) is 0 Å². The van der Waals surface area contributed by atoms with Gasteiger partial charge in [0.2, 0.25) is 11.8 Å². The van der Waals surface area contributed by atoms with Gasteiger partial charge in [-0.1, -0.05) is 31.2 Å². The number of carbonyl (C=O) groups excluding carboxylic acids is 2. The van der Waals surface area contributed by atoms with E-state index in [1.165, 1.54) is 4.90 Å². The molecule has 0 radical (unpaired) electrons. The van der Waals surface area contributed by atoms with Crippen LogP contribution in [0.25, 0.3) is 0 Å². The highest BCUT2D eigenvalue weighted by Gasteiger charge is 2.30. The lowest BCUT2D eigenvalue weighted by molar-refractivity contribution is -0.150. The number of aliphatic hydroxyl groups is 1. The van der Waals surface area contributed by atoms with Crippen molar-refractivity contribution in [1.82, 2.24) is 4.90 Å². The van der Waals surface area contributed by atoms with Gasteiger partial charge in [-0.25, -0.2) is 0 Å². The van der Waals surface area contributed by atoms with Gasteiger partial charge in [0.05, 0.1) is 13.2 Å². The summed E-state index contributed by atoms with van der Waals surface area (Å²) >= 11 is 0. The van der Waals surface area contributed by atoms with Crippen molar-refractivity contribution in [2.24, 2.45) is 5.92 Å². The number of hydrogen-bond donors (Lipinski definition) is 1. The molecule has 0 saturated carbocycles. The van der Waals surface area contributed by atoms with Gasteiger partial charge in [-0.2, -0.15) is 0 Å². The fraction of sp³-hybridized carbons (Fsp3) is 0.429. The molecule has 96 valence electrons. The van der Waals surface area contributed by atoms with Crippen LogP contribution >= 0.6 is 0 Å². The summed E-state index contributed by atoms with van der Waals surface area (Å²) < 4.78 is 0. The van der Waals surface area contributed by atoms with E-state index < -0.39 is 0 Å². The smallest absolute Gasteiger partial charge is 0.229 e. The van der Waals surface area contributed by atoms with E-state index in [0.717, 1.165) is 11.1 Å². The summed E-state index contributed by atoms with van der Waals surface area (Å²) in [7, 11) is 0. The Morgan fingerprint density at radius 1 is 1.22 bits per heavy atom. The molecule has 1 aromatic rings. The second-order valence-electron chi connectivity index (χ2n) is 4.87. The summed E-state index contributed by atoms with van der Waals surface area (Å²) in [6, 6.07) is 7.31. The maximum Gasteiger partial charge on any atom is 0.229 e. The third-order valence-corrected chi connectivity index (χ3v) is 3.16. The standard InChI is InChI=1S/C14H17NO3/c1-10-5-13(17)15(14(18)6-10)8-11-3-2-4-12(7-11)9-16/h2-4,7,10,16H,5-6,8-9H2,1H3. The second-order valence-corrected chi connectivity index (χ2v) is 4.87. The third-order valence-electron chi connectivity index (χ3n) is 3.16. The second kappa shape index (κ2) is 5.31. The molecule has 1 aromatic carbocycles. The van der Waals surface area contributed by atoms with Gasteiger partial charge in [0.15, 0.2) is 0 Å². The van der Waals surface area contributed by atoms with Gasteiger partial charge < -0.3 is 5.11 Å². The SMILES string of the molecule is CC1CC(=O)N(Cc2cccc(CO)c2)C(=O)C1. The maximum absolute atomic E-state index is 11.8. The van der Waals surface area contributed by atoms with Gasteiger partial charge in [-0.3, -0.25) is 14.5 Å². The molecule has 1 heterocycles. The Labute approximate surface area is 106 Å². The number of nitrogens with zero attached hydrogens (tertiary/aromatic N) is 1. The lowest BCUT2D eigenvalue weighted by atomic mass is 9.97. The first-order valence-electron chi connectivity index (χ1n) is 6.12. The molecule has 18 heavy (non-hydrogen) atoms. The molecule has 4 heteroatoms. The molecule has 0 spiro atoms. The molecule has 1 aliphatic heterocycles. The molecule has 1 fully saturated rings. The van der Waals surface area contributed by atoms with E-state index in [9.17, 15) is 9.59 Å². The lowest BCUT2D eigenvalue weighted by Gasteiger charge is -2.28. The van der Waals surface area contributed by atoms with Crippen molar-refractivity contribution in [3.63, 3.8) is 0 Å². The van der Waals surface area contributed by atoms with Crippen molar-refractivity contribution >= 4 is 11.8 Å². The predicted molar refractivity (Wildman–Crippen MR) is 66.3 cm³/mol. The number of rotatable bonds is 3. The highest BCUT2D eigenvalue weighted by Crippen LogP contribution is 2.21. The fourth-order valence-electron chi connectivity index (χ4n) is 2.21. The zero-order valence-electron chi connectivity index (χ0n) is 10.4. The molecule has 4 nitrogen and oxygen atoms in total. The molecule has 1 saturated heterocycles. The number of piperidine rings is 1. The summed E-state index contributed by atoms with van der Waals surface area (Å²) in [5.41, 5.74) is 1.66. The zero-order chi connectivity index (χ0) is 13.1. The first kappa shape index (κ1) is 12.8. The lowest BCUT2D eigenvalue weighted by Crippen LogP contribution is -2.42. The number of imide groups is 1. The summed E-state index contributed by atoms with van der Waals surface area (Å²) in [5.74, 6) is -0.0636. The van der Waals surface area contributed by atoms with Gasteiger partial charge in [0.25, 0.3) is 0 Å². The minimum atomic E-state index is -0.104. The highest BCUT2D eigenvalue weighted by molar-refractivity contribution is 5.97. The van der Waals surface area contributed by atoms with Crippen LogP contribution in [0.4, 0.5) is 0 Å². The Kier molecular flexibility index (Phi) is 3.77. The molecule has 0 aromatic heterocycles. The number of benzene rings is 1. The van der Waals surface area contributed by atoms with Crippen molar-refractivity contribution in [3.8, 4) is 0 Å². The van der Waals surface area contributed by atoms with E-state index in [0.29, 0.717) is 19.4 Å². The number of aliphatic hydroxyl groups excluding tert-OH is 1. The molecule has 0 unspecified atom stereocenters. The molecule has 1 aliphatic rings. The van der Waals surface area contributed by atoms with Crippen LogP contribution in [0.3, 0.4) is 0 Å². The van der Waals surface area contributed by atoms with Crippen LogP contribution in [0.2, 0.25) is 0 Å². The van der Waals surface area contributed by atoms with E-state index in [4.69, 9.17) is 5.11 Å². The number of carbonyl (C=O) groups is 2. The summed E-state index contributed by atoms with van der Waals surface area (Å²) in [6.45, 7) is 2.19. The average Bonchev–Trinajstić information content (AvgIpc) is 2.34. The minimum absolute atomic E-state index is 0.0350. The van der Waals surface area contributed by atoms with Gasteiger partial charge >= 0.3 is 0 Å². The van der Waals surface area contributed by atoms with E-state index in [1.807, 2.05) is 31.2 Å². The predicted octanol–water partition coefficient (Wildman–Crippen LogP) is 1.46. The van der Waals surface area contributed by atoms with E-state index in [1.54, 1.807) is 0 Å². The van der Waals surface area contributed by atoms with Crippen LogP contribution in [0.15, 0.2) is 24.3 Å². The number of likely N-dealkylation sites (tertiary alicyclic amines) is 1. The maximum atomic E-state index is 11.8. The molecule has 2 amide bonds. The normalized spacial score (nSPS) is 17.3. The van der Waals surface area contributed by atoms with Crippen LogP contribution < -0.4 is 0 Å². The van der Waals surface area contributed by atoms with E-state index >= 15 is 0 Å². The van der Waals surface area contributed by atoms with Crippen molar-refractivity contribution < 1.29 is 14.7 Å². The van der Waals surface area contributed by atoms with Crippen LogP contribution in [0.5, 0.6) is 0 Å². The Hall–Kier alpha value is -1.68. The molecule has 2 rings (SSSR count). The summed E-state index contributed by atoms with van der Waals surface area (Å²) in [5, 5.41) is 9.06. The minimum Gasteiger partial charge on any atom is -0.392 e. The van der Waals surface area contributed by atoms with Crippen molar-refractivity contribution in [2.75, 3.05) is 0 Å². The van der Waals surface area contributed by atoms with Crippen LogP contribution in [-0.2, 0) is 22.7 Å². The van der Waals surface area contributed by atoms with Gasteiger partial charge in [-0.15, -0.1) is 0 Å².